The Morgan fingerprint density at radius 2 is 2.10 bits per heavy atom. The number of carbonyl (C=O) groups excluding carboxylic acids is 1. The molecule has 1 amide bonds. The molecule has 0 aliphatic rings. The van der Waals surface area contributed by atoms with E-state index in [9.17, 15) is 4.79 Å². The van der Waals surface area contributed by atoms with Gasteiger partial charge >= 0.3 is 0 Å². The van der Waals surface area contributed by atoms with Crippen LogP contribution in [0.4, 0.5) is 5.69 Å². The molecule has 0 aliphatic carbocycles. The topological polar surface area (TPSA) is 46.9 Å². The van der Waals surface area contributed by atoms with Crippen molar-refractivity contribution in [1.29, 1.82) is 0 Å². The van der Waals surface area contributed by atoms with Crippen molar-refractivity contribution in [1.82, 2.24) is 9.55 Å². The number of nitrogens with one attached hydrogen (secondary N) is 1. The van der Waals surface area contributed by atoms with E-state index >= 15 is 0 Å². The second-order valence-electron chi connectivity index (χ2n) is 4.72. The number of benzene rings is 1. The molecule has 0 radical (unpaired) electrons. The lowest BCUT2D eigenvalue weighted by Crippen LogP contribution is -2.05. The van der Waals surface area contributed by atoms with Gasteiger partial charge in [0.15, 0.2) is 0 Å². The molecular weight excluding hydrogens is 282 g/mol. The maximum absolute atomic E-state index is 11.0. The summed E-state index contributed by atoms with van der Waals surface area (Å²) in [5.41, 5.74) is 1.83. The van der Waals surface area contributed by atoms with Crippen LogP contribution in [0, 0.1) is 0 Å². The molecule has 0 saturated heterocycles. The van der Waals surface area contributed by atoms with Gasteiger partial charge in [0.25, 0.3) is 0 Å². The standard InChI is InChI=1S/C16H15N3OS/c1-12(20)18-14-6-4-13(5-7-14)16-17-8-9-19(16)11-15-3-2-10-21-15/h2-10H,11H2,1H3,(H,18,20). The zero-order valence-corrected chi connectivity index (χ0v) is 12.4. The molecule has 3 rings (SSSR count). The Balaban J connectivity index is 1.84. The van der Waals surface area contributed by atoms with Crippen molar-refractivity contribution < 1.29 is 4.79 Å². The van der Waals surface area contributed by atoms with Gasteiger partial charge < -0.3 is 9.88 Å². The highest BCUT2D eigenvalue weighted by Crippen LogP contribution is 2.22. The fraction of sp³-hybridized carbons (Fsp3) is 0.125. The highest BCUT2D eigenvalue weighted by molar-refractivity contribution is 7.09. The zero-order chi connectivity index (χ0) is 14.7. The Morgan fingerprint density at radius 3 is 2.76 bits per heavy atom. The normalized spacial score (nSPS) is 10.5. The summed E-state index contributed by atoms with van der Waals surface area (Å²) >= 11 is 1.74. The summed E-state index contributed by atoms with van der Waals surface area (Å²) in [4.78, 5) is 16.8. The molecule has 0 unspecified atom stereocenters. The van der Waals surface area contributed by atoms with Gasteiger partial charge in [-0.25, -0.2) is 4.98 Å². The van der Waals surface area contributed by atoms with Gasteiger partial charge in [-0.15, -0.1) is 11.3 Å². The second-order valence-corrected chi connectivity index (χ2v) is 5.75. The number of anilines is 1. The lowest BCUT2D eigenvalue weighted by molar-refractivity contribution is -0.114. The van der Waals surface area contributed by atoms with E-state index in [0.717, 1.165) is 23.6 Å². The van der Waals surface area contributed by atoms with Gasteiger partial charge in [-0.3, -0.25) is 4.79 Å². The Kier molecular flexibility index (Phi) is 3.83. The molecule has 21 heavy (non-hydrogen) atoms. The monoisotopic (exact) mass is 297 g/mol. The van der Waals surface area contributed by atoms with E-state index in [1.807, 2.05) is 36.7 Å². The molecule has 1 aromatic carbocycles. The number of hydrogen-bond acceptors (Lipinski definition) is 3. The average Bonchev–Trinajstić information content (AvgIpc) is 3.11. The Morgan fingerprint density at radius 1 is 1.29 bits per heavy atom. The van der Waals surface area contributed by atoms with Crippen molar-refractivity contribution in [3.8, 4) is 11.4 Å². The van der Waals surface area contributed by atoms with Crippen molar-refractivity contribution in [3.63, 3.8) is 0 Å². The SMILES string of the molecule is CC(=O)Nc1ccc(-c2nccn2Cc2cccs2)cc1. The van der Waals surface area contributed by atoms with Gasteiger partial charge in [0.1, 0.15) is 5.82 Å². The van der Waals surface area contributed by atoms with Gasteiger partial charge in [-0.05, 0) is 35.7 Å². The Labute approximate surface area is 127 Å². The molecule has 0 spiro atoms. The first-order chi connectivity index (χ1) is 10.2. The minimum Gasteiger partial charge on any atom is -0.326 e. The lowest BCUT2D eigenvalue weighted by Gasteiger charge is -2.08. The lowest BCUT2D eigenvalue weighted by atomic mass is 10.2. The highest BCUT2D eigenvalue weighted by Gasteiger charge is 2.07. The van der Waals surface area contributed by atoms with Crippen LogP contribution in [0.3, 0.4) is 0 Å². The number of nitrogens with zero attached hydrogens (tertiary/aromatic N) is 2. The van der Waals surface area contributed by atoms with E-state index < -0.39 is 0 Å². The molecular formula is C16H15N3OS. The van der Waals surface area contributed by atoms with Crippen molar-refractivity contribution in [2.24, 2.45) is 0 Å². The minimum atomic E-state index is -0.0676. The molecule has 5 heteroatoms. The smallest absolute Gasteiger partial charge is 0.221 e. The number of thiophene rings is 1. The second kappa shape index (κ2) is 5.93. The summed E-state index contributed by atoms with van der Waals surface area (Å²) in [5, 5.41) is 4.84. The first kappa shape index (κ1) is 13.6. The molecule has 4 nitrogen and oxygen atoms in total. The summed E-state index contributed by atoms with van der Waals surface area (Å²) in [6.07, 6.45) is 3.79. The average molecular weight is 297 g/mol. The first-order valence-electron chi connectivity index (χ1n) is 6.64. The first-order valence-corrected chi connectivity index (χ1v) is 7.52. The Bertz CT molecular complexity index is 729. The van der Waals surface area contributed by atoms with Gasteiger partial charge in [-0.1, -0.05) is 6.07 Å². The fourth-order valence-electron chi connectivity index (χ4n) is 2.17. The zero-order valence-electron chi connectivity index (χ0n) is 11.6. The van der Waals surface area contributed by atoms with E-state index in [2.05, 4.69) is 32.4 Å². The van der Waals surface area contributed by atoms with Crippen LogP contribution in [-0.2, 0) is 11.3 Å². The number of carbonyl (C=O) groups is 1. The summed E-state index contributed by atoms with van der Waals surface area (Å²) in [5.74, 6) is 0.861. The van der Waals surface area contributed by atoms with Crippen LogP contribution < -0.4 is 5.32 Å². The van der Waals surface area contributed by atoms with Gasteiger partial charge in [0.05, 0.1) is 6.54 Å². The number of hydrogen-bond donors (Lipinski definition) is 1. The number of rotatable bonds is 4. The maximum Gasteiger partial charge on any atom is 0.221 e. The fourth-order valence-corrected chi connectivity index (χ4v) is 2.88. The Hall–Kier alpha value is -2.40. The van der Waals surface area contributed by atoms with Crippen molar-refractivity contribution in [2.45, 2.75) is 13.5 Å². The van der Waals surface area contributed by atoms with Crippen LogP contribution in [0.1, 0.15) is 11.8 Å². The van der Waals surface area contributed by atoms with E-state index in [-0.39, 0.29) is 5.91 Å². The maximum atomic E-state index is 11.0. The van der Waals surface area contributed by atoms with Crippen molar-refractivity contribution in [2.75, 3.05) is 5.32 Å². The van der Waals surface area contributed by atoms with Crippen LogP contribution in [-0.4, -0.2) is 15.5 Å². The van der Waals surface area contributed by atoms with Crippen LogP contribution in [0.5, 0.6) is 0 Å². The van der Waals surface area contributed by atoms with Crippen molar-refractivity contribution in [3.05, 3.63) is 59.0 Å². The number of imidazole rings is 1. The van der Waals surface area contributed by atoms with E-state index in [4.69, 9.17) is 0 Å². The van der Waals surface area contributed by atoms with Gasteiger partial charge in [-0.2, -0.15) is 0 Å². The number of amides is 1. The molecule has 2 aromatic heterocycles. The highest BCUT2D eigenvalue weighted by atomic mass is 32.1. The molecule has 0 atom stereocenters. The van der Waals surface area contributed by atoms with Crippen LogP contribution in [0.2, 0.25) is 0 Å². The van der Waals surface area contributed by atoms with Gasteiger partial charge in [0.2, 0.25) is 5.91 Å². The molecule has 0 bridgehead atoms. The van der Waals surface area contributed by atoms with E-state index in [0.29, 0.717) is 0 Å². The largest absolute Gasteiger partial charge is 0.326 e. The molecule has 0 saturated carbocycles. The molecule has 0 aliphatic heterocycles. The third kappa shape index (κ3) is 3.20. The summed E-state index contributed by atoms with van der Waals surface area (Å²) in [6.45, 7) is 2.32. The molecule has 2 heterocycles. The number of aromatic nitrogens is 2. The summed E-state index contributed by atoms with van der Waals surface area (Å²) in [6, 6.07) is 11.9. The van der Waals surface area contributed by atoms with Crippen LogP contribution in [0.15, 0.2) is 54.2 Å². The van der Waals surface area contributed by atoms with E-state index in [1.165, 1.54) is 11.8 Å². The summed E-state index contributed by atoms with van der Waals surface area (Å²) in [7, 11) is 0. The van der Waals surface area contributed by atoms with Gasteiger partial charge in [0, 0.05) is 35.4 Å². The third-order valence-corrected chi connectivity index (χ3v) is 3.95. The summed E-state index contributed by atoms with van der Waals surface area (Å²) < 4.78 is 2.12. The molecule has 0 fully saturated rings. The quantitative estimate of drug-likeness (QED) is 0.799. The van der Waals surface area contributed by atoms with Crippen LogP contribution >= 0.6 is 11.3 Å². The molecule has 106 valence electrons. The van der Waals surface area contributed by atoms with Crippen LogP contribution in [0.25, 0.3) is 11.4 Å². The predicted molar refractivity (Wildman–Crippen MR) is 85.4 cm³/mol. The predicted octanol–water partition coefficient (Wildman–Crippen LogP) is 3.62. The van der Waals surface area contributed by atoms with Crippen molar-refractivity contribution >= 4 is 22.9 Å². The molecule has 3 aromatic rings. The minimum absolute atomic E-state index is 0.0676. The third-order valence-electron chi connectivity index (χ3n) is 3.09. The molecule has 1 N–H and O–H groups in total. The van der Waals surface area contributed by atoms with E-state index in [1.54, 1.807) is 11.3 Å².